The Morgan fingerprint density at radius 3 is 2.25 bits per heavy atom. The van der Waals surface area contributed by atoms with E-state index in [1.54, 1.807) is 0 Å². The van der Waals surface area contributed by atoms with Crippen LogP contribution >= 0.6 is 0 Å². The van der Waals surface area contributed by atoms with Crippen molar-refractivity contribution in [2.45, 2.75) is 27.2 Å². The summed E-state index contributed by atoms with van der Waals surface area (Å²) in [6, 6.07) is 6.43. The van der Waals surface area contributed by atoms with Gasteiger partial charge in [-0.3, -0.25) is 0 Å². The fourth-order valence-electron chi connectivity index (χ4n) is 1.99. The summed E-state index contributed by atoms with van der Waals surface area (Å²) < 4.78 is 0. The number of aryl methyl sites for hydroxylation is 2. The largest absolute Gasteiger partial charge is 0.384 e. The second kappa shape index (κ2) is 6.54. The molecule has 0 radical (unpaired) electrons. The third-order valence-corrected chi connectivity index (χ3v) is 3.12. The molecule has 0 spiro atoms. The normalized spacial score (nSPS) is 12.5. The number of benzene rings is 1. The Labute approximate surface area is 99.5 Å². The minimum atomic E-state index is 0.698. The minimum absolute atomic E-state index is 0.698. The average Bonchev–Trinajstić information content (AvgIpc) is 2.27. The Hall–Kier alpha value is -1.02. The highest BCUT2D eigenvalue weighted by Crippen LogP contribution is 2.19. The van der Waals surface area contributed by atoms with E-state index in [1.807, 2.05) is 7.05 Å². The van der Waals surface area contributed by atoms with Crippen molar-refractivity contribution in [3.8, 4) is 0 Å². The van der Waals surface area contributed by atoms with Crippen LogP contribution in [0.4, 0.5) is 5.69 Å². The molecule has 1 aromatic carbocycles. The maximum atomic E-state index is 3.58. The van der Waals surface area contributed by atoms with Gasteiger partial charge in [-0.2, -0.15) is 0 Å². The fraction of sp³-hybridized carbons (Fsp3) is 0.571. The van der Waals surface area contributed by atoms with Gasteiger partial charge in [-0.1, -0.05) is 31.5 Å². The first-order valence-electron chi connectivity index (χ1n) is 6.13. The van der Waals surface area contributed by atoms with Crippen LogP contribution in [0.25, 0.3) is 0 Å². The minimum Gasteiger partial charge on any atom is -0.384 e. The lowest BCUT2D eigenvalue weighted by Gasteiger charge is -2.18. The van der Waals surface area contributed by atoms with Crippen LogP contribution in [0.15, 0.2) is 18.2 Å². The highest BCUT2D eigenvalue weighted by atomic mass is 14.9. The Kier molecular flexibility index (Phi) is 5.33. The molecule has 0 aliphatic heterocycles. The molecule has 0 fully saturated rings. The second-order valence-corrected chi connectivity index (χ2v) is 4.48. The van der Waals surface area contributed by atoms with Crippen LogP contribution in [-0.4, -0.2) is 20.1 Å². The Bertz CT molecular complexity index is 300. The average molecular weight is 220 g/mol. The summed E-state index contributed by atoms with van der Waals surface area (Å²) in [4.78, 5) is 0. The monoisotopic (exact) mass is 220 g/mol. The van der Waals surface area contributed by atoms with Crippen molar-refractivity contribution in [2.24, 2.45) is 5.92 Å². The van der Waals surface area contributed by atoms with Gasteiger partial charge in [0.05, 0.1) is 0 Å². The Morgan fingerprint density at radius 2 is 1.75 bits per heavy atom. The Balaban J connectivity index is 2.59. The summed E-state index contributed by atoms with van der Waals surface area (Å²) in [7, 11) is 2.02. The summed E-state index contributed by atoms with van der Waals surface area (Å²) in [5.74, 6) is 0.698. The number of hydrogen-bond donors (Lipinski definition) is 2. The van der Waals surface area contributed by atoms with E-state index in [0.717, 1.165) is 13.1 Å². The molecule has 0 heterocycles. The predicted octanol–water partition coefficient (Wildman–Crippen LogP) is 2.96. The first-order valence-corrected chi connectivity index (χ1v) is 6.13. The molecule has 2 heteroatoms. The van der Waals surface area contributed by atoms with Crippen molar-refractivity contribution in [1.29, 1.82) is 0 Å². The molecule has 1 rings (SSSR count). The molecule has 1 unspecified atom stereocenters. The van der Waals surface area contributed by atoms with Crippen molar-refractivity contribution in [2.75, 3.05) is 25.5 Å². The number of anilines is 1. The SMILES string of the molecule is CCC(CNC)CNc1c(C)cccc1C. The van der Waals surface area contributed by atoms with Gasteiger partial charge in [0.25, 0.3) is 0 Å². The van der Waals surface area contributed by atoms with Gasteiger partial charge in [0.2, 0.25) is 0 Å². The van der Waals surface area contributed by atoms with Crippen LogP contribution in [0.1, 0.15) is 24.5 Å². The number of rotatable bonds is 6. The van der Waals surface area contributed by atoms with E-state index >= 15 is 0 Å². The number of hydrogen-bond acceptors (Lipinski definition) is 2. The zero-order valence-corrected chi connectivity index (χ0v) is 10.9. The van der Waals surface area contributed by atoms with E-state index in [4.69, 9.17) is 0 Å². The van der Waals surface area contributed by atoms with E-state index in [1.165, 1.54) is 23.2 Å². The van der Waals surface area contributed by atoms with E-state index in [0.29, 0.717) is 5.92 Å². The van der Waals surface area contributed by atoms with Crippen LogP contribution < -0.4 is 10.6 Å². The molecule has 0 saturated carbocycles. The van der Waals surface area contributed by atoms with E-state index in [-0.39, 0.29) is 0 Å². The topological polar surface area (TPSA) is 24.1 Å². The summed E-state index contributed by atoms with van der Waals surface area (Å²) in [5.41, 5.74) is 3.97. The van der Waals surface area contributed by atoms with Crippen LogP contribution in [-0.2, 0) is 0 Å². The van der Waals surface area contributed by atoms with Crippen molar-refractivity contribution in [3.63, 3.8) is 0 Å². The lowest BCUT2D eigenvalue weighted by molar-refractivity contribution is 0.506. The zero-order chi connectivity index (χ0) is 12.0. The van der Waals surface area contributed by atoms with E-state index < -0.39 is 0 Å². The third-order valence-electron chi connectivity index (χ3n) is 3.12. The maximum absolute atomic E-state index is 3.58. The van der Waals surface area contributed by atoms with Gasteiger partial charge in [-0.25, -0.2) is 0 Å². The lowest BCUT2D eigenvalue weighted by atomic mass is 10.1. The number of nitrogens with one attached hydrogen (secondary N) is 2. The van der Waals surface area contributed by atoms with Gasteiger partial charge >= 0.3 is 0 Å². The van der Waals surface area contributed by atoms with Gasteiger partial charge < -0.3 is 10.6 Å². The summed E-state index contributed by atoms with van der Waals surface area (Å²) >= 11 is 0. The van der Waals surface area contributed by atoms with Crippen molar-refractivity contribution < 1.29 is 0 Å². The highest BCUT2D eigenvalue weighted by molar-refractivity contribution is 5.56. The third kappa shape index (κ3) is 3.53. The van der Waals surface area contributed by atoms with Gasteiger partial charge in [-0.05, 0) is 44.5 Å². The van der Waals surface area contributed by atoms with Gasteiger partial charge in [0.1, 0.15) is 0 Å². The molecule has 90 valence electrons. The van der Waals surface area contributed by atoms with E-state index in [9.17, 15) is 0 Å². The molecule has 1 atom stereocenters. The van der Waals surface area contributed by atoms with Gasteiger partial charge in [0, 0.05) is 12.2 Å². The molecule has 2 nitrogen and oxygen atoms in total. The molecule has 0 aromatic heterocycles. The molecule has 0 bridgehead atoms. The lowest BCUT2D eigenvalue weighted by Crippen LogP contribution is -2.25. The van der Waals surface area contributed by atoms with Gasteiger partial charge in [-0.15, -0.1) is 0 Å². The molecule has 2 N–H and O–H groups in total. The summed E-state index contributed by atoms with van der Waals surface area (Å²) in [6.07, 6.45) is 1.21. The predicted molar refractivity (Wildman–Crippen MR) is 72.1 cm³/mol. The smallest absolute Gasteiger partial charge is 0.0399 e. The molecular weight excluding hydrogens is 196 g/mol. The van der Waals surface area contributed by atoms with Crippen LogP contribution in [0, 0.1) is 19.8 Å². The maximum Gasteiger partial charge on any atom is 0.0399 e. The van der Waals surface area contributed by atoms with Crippen molar-refractivity contribution in [1.82, 2.24) is 5.32 Å². The molecule has 0 aliphatic carbocycles. The quantitative estimate of drug-likeness (QED) is 0.770. The van der Waals surface area contributed by atoms with Crippen molar-refractivity contribution >= 4 is 5.69 Å². The summed E-state index contributed by atoms with van der Waals surface area (Å²) in [6.45, 7) is 8.69. The number of para-hydroxylation sites is 1. The van der Waals surface area contributed by atoms with Crippen LogP contribution in [0.2, 0.25) is 0 Å². The zero-order valence-electron chi connectivity index (χ0n) is 10.9. The van der Waals surface area contributed by atoms with Crippen LogP contribution in [0.5, 0.6) is 0 Å². The van der Waals surface area contributed by atoms with Crippen molar-refractivity contribution in [3.05, 3.63) is 29.3 Å². The molecule has 0 amide bonds. The Morgan fingerprint density at radius 1 is 1.12 bits per heavy atom. The molecule has 16 heavy (non-hydrogen) atoms. The van der Waals surface area contributed by atoms with Gasteiger partial charge in [0.15, 0.2) is 0 Å². The molecular formula is C14H24N2. The highest BCUT2D eigenvalue weighted by Gasteiger charge is 2.06. The standard InChI is InChI=1S/C14H24N2/c1-5-13(9-15-4)10-16-14-11(2)7-6-8-12(14)3/h6-8,13,15-16H,5,9-10H2,1-4H3. The second-order valence-electron chi connectivity index (χ2n) is 4.48. The molecule has 0 aliphatic rings. The molecule has 1 aromatic rings. The summed E-state index contributed by atoms with van der Waals surface area (Å²) in [5, 5.41) is 6.82. The van der Waals surface area contributed by atoms with E-state index in [2.05, 4.69) is 49.6 Å². The molecule has 0 saturated heterocycles. The first kappa shape index (κ1) is 13.0. The van der Waals surface area contributed by atoms with Crippen LogP contribution in [0.3, 0.4) is 0 Å². The first-order chi connectivity index (χ1) is 7.69. The fourth-order valence-corrected chi connectivity index (χ4v) is 1.99.